The number of hydrogen-bond donors (Lipinski definition) is 7. The van der Waals surface area contributed by atoms with Crippen LogP contribution in [0.4, 0.5) is 4.79 Å². The predicted molar refractivity (Wildman–Crippen MR) is 208 cm³/mol. The lowest BCUT2D eigenvalue weighted by Crippen LogP contribution is -2.53. The van der Waals surface area contributed by atoms with Crippen LogP contribution in [0.3, 0.4) is 0 Å². The number of aliphatic carboxylic acids is 2. The highest BCUT2D eigenvalue weighted by atomic mass is 32.2. The van der Waals surface area contributed by atoms with Gasteiger partial charge in [0.2, 0.25) is 5.91 Å². The molecule has 4 rings (SSSR count). The Kier molecular flexibility index (Phi) is 19.5. The molecule has 7 N–H and O–H groups in total. The van der Waals surface area contributed by atoms with Gasteiger partial charge in [-0.25, -0.2) is 4.79 Å². The van der Waals surface area contributed by atoms with Crippen LogP contribution in [-0.2, 0) is 14.4 Å². The first-order chi connectivity index (χ1) is 26.0. The highest BCUT2D eigenvalue weighted by Crippen LogP contribution is 2.33. The van der Waals surface area contributed by atoms with E-state index in [9.17, 15) is 39.6 Å². The van der Waals surface area contributed by atoms with E-state index in [2.05, 4.69) is 27.9 Å². The molecular weight excluding hydrogens is 717 g/mol. The fraction of sp³-hybridized carbons (Fsp3) is 0.892. The van der Waals surface area contributed by atoms with Crippen molar-refractivity contribution in [3.8, 4) is 0 Å². The first kappa shape index (κ1) is 44.5. The van der Waals surface area contributed by atoms with Crippen LogP contribution < -0.4 is 16.0 Å². The number of nitrogens with one attached hydrogen (secondary N) is 3. The van der Waals surface area contributed by atoms with E-state index in [0.29, 0.717) is 63.4 Å². The van der Waals surface area contributed by atoms with Gasteiger partial charge in [-0.2, -0.15) is 11.8 Å². The van der Waals surface area contributed by atoms with Gasteiger partial charge in [0.15, 0.2) is 0 Å². The van der Waals surface area contributed by atoms with E-state index in [0.717, 1.165) is 89.5 Å². The average Bonchev–Trinajstić information content (AvgIpc) is 3.69. The third-order valence-corrected chi connectivity index (χ3v) is 13.2. The van der Waals surface area contributed by atoms with Crippen molar-refractivity contribution in [1.29, 1.82) is 0 Å². The van der Waals surface area contributed by atoms with E-state index in [1.54, 1.807) is 0 Å². The number of carboxylic acid groups (broad SMARTS) is 2. The van der Waals surface area contributed by atoms with Crippen LogP contribution in [0.25, 0.3) is 0 Å². The Bertz CT molecular complexity index is 1170. The molecule has 17 heteroatoms. The summed E-state index contributed by atoms with van der Waals surface area (Å²) < 4.78 is 0. The van der Waals surface area contributed by atoms with E-state index >= 15 is 0 Å². The van der Waals surface area contributed by atoms with Crippen molar-refractivity contribution < 1.29 is 39.6 Å². The molecule has 3 amide bonds. The zero-order valence-corrected chi connectivity index (χ0v) is 33.2. The van der Waals surface area contributed by atoms with Crippen molar-refractivity contribution in [1.82, 2.24) is 40.4 Å². The lowest BCUT2D eigenvalue weighted by molar-refractivity contribution is -0.141. The molecule has 1 saturated carbocycles. The molecule has 310 valence electrons. The van der Waals surface area contributed by atoms with Gasteiger partial charge >= 0.3 is 18.0 Å². The summed E-state index contributed by atoms with van der Waals surface area (Å²) in [5.41, 5.74) is 0. The fourth-order valence-electron chi connectivity index (χ4n) is 8.52. The lowest BCUT2D eigenvalue weighted by Gasteiger charge is -2.40. The highest BCUT2D eigenvalue weighted by Gasteiger charge is 2.42. The van der Waals surface area contributed by atoms with Gasteiger partial charge in [-0.05, 0) is 83.8 Å². The monoisotopic (exact) mass is 784 g/mol. The number of rotatable bonds is 20. The van der Waals surface area contributed by atoms with Crippen LogP contribution in [-0.4, -0.2) is 196 Å². The SMILES string of the molecule is CN(CCCCCC(=O)NC1CCC(CC2CN(CC(=O)O)CCN(CO)CCN(CO)CCN2CC(=O)O)CC1)CCCCC1SCC2NC(=O)NC21. The van der Waals surface area contributed by atoms with E-state index < -0.39 is 11.9 Å². The van der Waals surface area contributed by atoms with Crippen LogP contribution in [0.1, 0.15) is 77.0 Å². The van der Waals surface area contributed by atoms with Crippen LogP contribution in [0.5, 0.6) is 0 Å². The molecule has 0 aromatic heterocycles. The van der Waals surface area contributed by atoms with Gasteiger partial charge in [0.05, 0.1) is 38.6 Å². The minimum atomic E-state index is -0.949. The van der Waals surface area contributed by atoms with E-state index in [1.807, 2.05) is 31.4 Å². The third-order valence-electron chi connectivity index (χ3n) is 11.7. The minimum Gasteiger partial charge on any atom is -0.480 e. The van der Waals surface area contributed by atoms with E-state index in [4.69, 9.17) is 0 Å². The van der Waals surface area contributed by atoms with Crippen molar-refractivity contribution in [2.24, 2.45) is 5.92 Å². The number of fused-ring (bicyclic) bond motifs is 1. The molecule has 3 aliphatic heterocycles. The number of thioether (sulfide) groups is 1. The maximum Gasteiger partial charge on any atom is 0.317 e. The zero-order chi connectivity index (χ0) is 38.9. The van der Waals surface area contributed by atoms with Gasteiger partial charge in [0, 0.05) is 75.3 Å². The summed E-state index contributed by atoms with van der Waals surface area (Å²) in [5.74, 6) is -0.465. The van der Waals surface area contributed by atoms with E-state index in [-0.39, 0.29) is 62.7 Å². The van der Waals surface area contributed by atoms with Gasteiger partial charge in [-0.1, -0.05) is 12.8 Å². The normalized spacial score (nSPS) is 28.2. The minimum absolute atomic E-state index is 0.0254. The van der Waals surface area contributed by atoms with Gasteiger partial charge in [-0.15, -0.1) is 0 Å². The lowest BCUT2D eigenvalue weighted by atomic mass is 9.81. The number of aliphatic hydroxyl groups excluding tert-OH is 2. The molecule has 0 aromatic carbocycles. The topological polar surface area (TPSA) is 201 Å². The molecule has 4 aliphatic rings. The Balaban J connectivity index is 1.14. The number of amides is 3. The van der Waals surface area contributed by atoms with Crippen molar-refractivity contribution in [2.75, 3.05) is 98.3 Å². The Morgan fingerprint density at radius 3 is 2.09 bits per heavy atom. The molecule has 4 atom stereocenters. The fourth-order valence-corrected chi connectivity index (χ4v) is 10.1. The van der Waals surface area contributed by atoms with Crippen molar-refractivity contribution in [3.05, 3.63) is 0 Å². The van der Waals surface area contributed by atoms with Gasteiger partial charge in [0.1, 0.15) is 0 Å². The molecule has 0 aromatic rings. The summed E-state index contributed by atoms with van der Waals surface area (Å²) in [7, 11) is 2.17. The summed E-state index contributed by atoms with van der Waals surface area (Å²) in [5, 5.41) is 49.1. The first-order valence-corrected chi connectivity index (χ1v) is 21.3. The van der Waals surface area contributed by atoms with Crippen LogP contribution in [0, 0.1) is 5.92 Å². The zero-order valence-electron chi connectivity index (χ0n) is 32.4. The standard InChI is InChI=1S/C37H68N8O8S/c1-41(14-6-4-7-32-36-31(25-54-32)39-37(53)40-36)13-5-2-3-8-33(48)38-29-11-9-28(10-12-29)21-30-22-44(23-34(49)50)18-17-42(26-46)15-16-43(27-47)19-20-45(30)24-35(51)52/h28-32,36,46-47H,2-27H2,1H3,(H,38,48)(H,49,50)(H,51,52)(H2,39,40,53). The average molecular weight is 785 g/mol. The Labute approximate surface area is 325 Å². The Hall–Kier alpha value is -2.25. The number of carbonyl (C=O) groups is 4. The van der Waals surface area contributed by atoms with Crippen LogP contribution in [0.15, 0.2) is 0 Å². The second kappa shape index (κ2) is 23.7. The molecule has 0 radical (unpaired) electrons. The highest BCUT2D eigenvalue weighted by molar-refractivity contribution is 8.00. The second-order valence-corrected chi connectivity index (χ2v) is 17.2. The molecule has 0 spiro atoms. The number of carboxylic acids is 2. The number of urea groups is 1. The number of aliphatic hydroxyl groups is 2. The first-order valence-electron chi connectivity index (χ1n) is 20.3. The van der Waals surface area contributed by atoms with Crippen LogP contribution >= 0.6 is 11.8 Å². The predicted octanol–water partition coefficient (Wildman–Crippen LogP) is 0.538. The molecule has 4 fully saturated rings. The molecule has 3 heterocycles. The number of unbranched alkanes of at least 4 members (excludes halogenated alkanes) is 3. The number of hydrogen-bond acceptors (Lipinski definition) is 12. The molecule has 16 nitrogen and oxygen atoms in total. The van der Waals surface area contributed by atoms with Gasteiger partial charge in [0.25, 0.3) is 0 Å². The summed E-state index contributed by atoms with van der Waals surface area (Å²) in [4.78, 5) is 58.0. The van der Waals surface area contributed by atoms with Crippen molar-refractivity contribution in [2.45, 2.75) is 106 Å². The van der Waals surface area contributed by atoms with E-state index in [1.165, 1.54) is 0 Å². The number of carbonyl (C=O) groups excluding carboxylic acids is 2. The largest absolute Gasteiger partial charge is 0.480 e. The van der Waals surface area contributed by atoms with Gasteiger partial charge < -0.3 is 41.3 Å². The molecular formula is C37H68N8O8S. The van der Waals surface area contributed by atoms with Crippen molar-refractivity contribution >= 4 is 35.6 Å². The van der Waals surface area contributed by atoms with Gasteiger partial charge in [-0.3, -0.25) is 34.0 Å². The maximum absolute atomic E-state index is 12.8. The molecule has 3 saturated heterocycles. The Morgan fingerprint density at radius 2 is 1.44 bits per heavy atom. The molecule has 0 bridgehead atoms. The summed E-state index contributed by atoms with van der Waals surface area (Å²) >= 11 is 1.97. The second-order valence-electron chi connectivity index (χ2n) is 15.9. The summed E-state index contributed by atoms with van der Waals surface area (Å²) in [6, 6.07) is 0.471. The maximum atomic E-state index is 12.8. The quantitative estimate of drug-likeness (QED) is 0.0667. The smallest absolute Gasteiger partial charge is 0.317 e. The van der Waals surface area contributed by atoms with Crippen LogP contribution in [0.2, 0.25) is 0 Å². The Morgan fingerprint density at radius 1 is 0.815 bits per heavy atom. The summed E-state index contributed by atoms with van der Waals surface area (Å²) in [6.07, 6.45) is 11.2. The van der Waals surface area contributed by atoms with Crippen molar-refractivity contribution in [3.63, 3.8) is 0 Å². The molecule has 1 aliphatic carbocycles. The molecule has 54 heavy (non-hydrogen) atoms. The molecule has 4 unspecified atom stereocenters. The summed E-state index contributed by atoms with van der Waals surface area (Å²) in [6.45, 7) is 4.54. The number of nitrogens with zero attached hydrogens (tertiary/aromatic N) is 5. The third kappa shape index (κ3) is 15.7.